The fourth-order valence-electron chi connectivity index (χ4n) is 2.66. The first-order valence-electron chi connectivity index (χ1n) is 6.22. The first kappa shape index (κ1) is 12.2. The number of hydrogen-bond acceptors (Lipinski definition) is 3. The molecule has 1 fully saturated rings. The zero-order valence-corrected chi connectivity index (χ0v) is 10.3. The summed E-state index contributed by atoms with van der Waals surface area (Å²) in [6, 6.07) is 4.07. The monoisotopic (exact) mass is 237 g/mol. The van der Waals surface area contributed by atoms with Crippen LogP contribution in [0.25, 0.3) is 0 Å². The second-order valence-electron chi connectivity index (χ2n) is 4.63. The molecule has 4 nitrogen and oxygen atoms in total. The molecule has 1 N–H and O–H groups in total. The molecule has 17 heavy (non-hydrogen) atoms. The van der Waals surface area contributed by atoms with Crippen molar-refractivity contribution in [3.05, 3.63) is 23.7 Å². The fraction of sp³-hybridized carbons (Fsp3) is 0.615. The number of nitrogens with zero attached hydrogens (tertiary/aromatic N) is 1. The zero-order chi connectivity index (χ0) is 12.4. The fourth-order valence-corrected chi connectivity index (χ4v) is 2.66. The van der Waals surface area contributed by atoms with Crippen molar-refractivity contribution in [3.8, 4) is 0 Å². The molecule has 2 atom stereocenters. The van der Waals surface area contributed by atoms with E-state index in [0.717, 1.165) is 18.7 Å². The standard InChI is InChI=1S/C13H19NO3/c1-3-10-5-4-8-14(10)9(2)11-6-7-12(17-11)13(15)16/h6-7,9-10H,3-5,8H2,1-2H3,(H,15,16). The van der Waals surface area contributed by atoms with E-state index in [9.17, 15) is 4.79 Å². The summed E-state index contributed by atoms with van der Waals surface area (Å²) in [7, 11) is 0. The summed E-state index contributed by atoms with van der Waals surface area (Å²) in [5, 5.41) is 8.84. The Balaban J connectivity index is 2.12. The molecule has 1 aliphatic heterocycles. The Morgan fingerprint density at radius 1 is 1.65 bits per heavy atom. The molecule has 1 aromatic heterocycles. The van der Waals surface area contributed by atoms with Gasteiger partial charge in [-0.25, -0.2) is 4.79 Å². The van der Waals surface area contributed by atoms with Gasteiger partial charge in [0.05, 0.1) is 6.04 Å². The van der Waals surface area contributed by atoms with E-state index in [-0.39, 0.29) is 11.8 Å². The average molecular weight is 237 g/mol. The van der Waals surface area contributed by atoms with Gasteiger partial charge in [0.25, 0.3) is 0 Å². The molecule has 0 radical (unpaired) electrons. The van der Waals surface area contributed by atoms with Gasteiger partial charge in [-0.15, -0.1) is 0 Å². The van der Waals surface area contributed by atoms with E-state index in [2.05, 4.69) is 18.7 Å². The van der Waals surface area contributed by atoms with Gasteiger partial charge < -0.3 is 9.52 Å². The van der Waals surface area contributed by atoms with E-state index in [1.165, 1.54) is 18.9 Å². The van der Waals surface area contributed by atoms with Crippen LogP contribution in [0.5, 0.6) is 0 Å². The molecule has 0 aromatic carbocycles. The Labute approximate surface area is 101 Å². The molecule has 0 amide bonds. The largest absolute Gasteiger partial charge is 0.475 e. The SMILES string of the molecule is CCC1CCCN1C(C)c1ccc(C(=O)O)o1. The third-order valence-electron chi connectivity index (χ3n) is 3.64. The molecule has 2 heterocycles. The maximum Gasteiger partial charge on any atom is 0.371 e. The van der Waals surface area contributed by atoms with Gasteiger partial charge >= 0.3 is 5.97 Å². The highest BCUT2D eigenvalue weighted by atomic mass is 16.4. The van der Waals surface area contributed by atoms with E-state index >= 15 is 0 Å². The number of hydrogen-bond donors (Lipinski definition) is 1. The molecule has 0 spiro atoms. The highest BCUT2D eigenvalue weighted by Gasteiger charge is 2.29. The van der Waals surface area contributed by atoms with Crippen molar-refractivity contribution < 1.29 is 14.3 Å². The van der Waals surface area contributed by atoms with Crippen LogP contribution >= 0.6 is 0 Å². The van der Waals surface area contributed by atoms with Crippen LogP contribution < -0.4 is 0 Å². The summed E-state index contributed by atoms with van der Waals surface area (Å²) in [4.78, 5) is 13.2. The Kier molecular flexibility index (Phi) is 3.52. The lowest BCUT2D eigenvalue weighted by Gasteiger charge is -2.28. The van der Waals surface area contributed by atoms with Crippen LogP contribution in [0, 0.1) is 0 Å². The van der Waals surface area contributed by atoms with Crippen molar-refractivity contribution in [2.24, 2.45) is 0 Å². The summed E-state index contributed by atoms with van der Waals surface area (Å²) in [6.45, 7) is 5.35. The van der Waals surface area contributed by atoms with Crippen molar-refractivity contribution in [1.82, 2.24) is 4.90 Å². The minimum Gasteiger partial charge on any atom is -0.475 e. The second kappa shape index (κ2) is 4.92. The predicted molar refractivity (Wildman–Crippen MR) is 64.1 cm³/mol. The minimum atomic E-state index is -1.00. The molecule has 2 unspecified atom stereocenters. The first-order chi connectivity index (χ1) is 8.13. The van der Waals surface area contributed by atoms with Gasteiger partial charge in [0, 0.05) is 6.04 Å². The van der Waals surface area contributed by atoms with Gasteiger partial charge in [0.2, 0.25) is 5.76 Å². The number of carboxylic acid groups (broad SMARTS) is 1. The molecule has 94 valence electrons. The Hall–Kier alpha value is -1.29. The van der Waals surface area contributed by atoms with Gasteiger partial charge in [-0.05, 0) is 44.9 Å². The Morgan fingerprint density at radius 2 is 2.41 bits per heavy atom. The van der Waals surface area contributed by atoms with Crippen LogP contribution in [0.4, 0.5) is 0 Å². The summed E-state index contributed by atoms with van der Waals surface area (Å²) in [5.74, 6) is -0.223. The number of carboxylic acids is 1. The zero-order valence-electron chi connectivity index (χ0n) is 10.3. The van der Waals surface area contributed by atoms with Gasteiger partial charge in [0.1, 0.15) is 5.76 Å². The van der Waals surface area contributed by atoms with E-state index in [1.54, 1.807) is 6.07 Å². The van der Waals surface area contributed by atoms with Gasteiger partial charge in [-0.2, -0.15) is 0 Å². The van der Waals surface area contributed by atoms with Crippen molar-refractivity contribution in [1.29, 1.82) is 0 Å². The van der Waals surface area contributed by atoms with Crippen LogP contribution in [-0.4, -0.2) is 28.6 Å². The van der Waals surface area contributed by atoms with Crippen LogP contribution in [0.3, 0.4) is 0 Å². The quantitative estimate of drug-likeness (QED) is 0.874. The molecular weight excluding hydrogens is 218 g/mol. The second-order valence-corrected chi connectivity index (χ2v) is 4.63. The lowest BCUT2D eigenvalue weighted by Crippen LogP contribution is -2.31. The molecule has 4 heteroatoms. The van der Waals surface area contributed by atoms with Crippen molar-refractivity contribution >= 4 is 5.97 Å². The molecule has 2 rings (SSSR count). The van der Waals surface area contributed by atoms with E-state index in [0.29, 0.717) is 6.04 Å². The van der Waals surface area contributed by atoms with Crippen LogP contribution in [0.1, 0.15) is 55.5 Å². The molecule has 1 aliphatic rings. The summed E-state index contributed by atoms with van der Waals surface area (Å²) in [6.07, 6.45) is 3.58. The lowest BCUT2D eigenvalue weighted by molar-refractivity contribution is 0.0655. The number of rotatable bonds is 4. The van der Waals surface area contributed by atoms with Crippen LogP contribution in [0.2, 0.25) is 0 Å². The topological polar surface area (TPSA) is 53.7 Å². The van der Waals surface area contributed by atoms with Gasteiger partial charge in [0.15, 0.2) is 0 Å². The maximum atomic E-state index is 10.8. The van der Waals surface area contributed by atoms with Gasteiger partial charge in [-0.1, -0.05) is 6.92 Å². The summed E-state index contributed by atoms with van der Waals surface area (Å²) in [5.41, 5.74) is 0. The number of carbonyl (C=O) groups is 1. The molecule has 0 aliphatic carbocycles. The first-order valence-corrected chi connectivity index (χ1v) is 6.22. The average Bonchev–Trinajstić information content (AvgIpc) is 2.96. The van der Waals surface area contributed by atoms with E-state index < -0.39 is 5.97 Å². The normalized spacial score (nSPS) is 22.8. The molecule has 1 saturated heterocycles. The number of furan rings is 1. The lowest BCUT2D eigenvalue weighted by atomic mass is 10.1. The Bertz CT molecular complexity index is 399. The van der Waals surface area contributed by atoms with E-state index in [1.807, 2.05) is 0 Å². The Morgan fingerprint density at radius 3 is 3.00 bits per heavy atom. The van der Waals surface area contributed by atoms with Crippen molar-refractivity contribution in [3.63, 3.8) is 0 Å². The molecule has 0 saturated carbocycles. The number of likely N-dealkylation sites (tertiary alicyclic amines) is 1. The van der Waals surface area contributed by atoms with Crippen molar-refractivity contribution in [2.75, 3.05) is 6.54 Å². The smallest absolute Gasteiger partial charge is 0.371 e. The molecule has 0 bridgehead atoms. The summed E-state index contributed by atoms with van der Waals surface area (Å²) < 4.78 is 5.37. The molecule has 1 aromatic rings. The maximum absolute atomic E-state index is 10.8. The third kappa shape index (κ3) is 2.36. The highest BCUT2D eigenvalue weighted by Crippen LogP contribution is 2.31. The van der Waals surface area contributed by atoms with Gasteiger partial charge in [-0.3, -0.25) is 4.90 Å². The van der Waals surface area contributed by atoms with Crippen molar-refractivity contribution in [2.45, 2.75) is 45.2 Å². The molecular formula is C13H19NO3. The third-order valence-corrected chi connectivity index (χ3v) is 3.64. The predicted octanol–water partition coefficient (Wildman–Crippen LogP) is 2.91. The van der Waals surface area contributed by atoms with Crippen LogP contribution in [0.15, 0.2) is 16.5 Å². The van der Waals surface area contributed by atoms with E-state index in [4.69, 9.17) is 9.52 Å². The van der Waals surface area contributed by atoms with Crippen LogP contribution in [-0.2, 0) is 0 Å². The highest BCUT2D eigenvalue weighted by molar-refractivity contribution is 5.84. The minimum absolute atomic E-state index is 0.0269. The summed E-state index contributed by atoms with van der Waals surface area (Å²) >= 11 is 0. The number of aromatic carboxylic acids is 1.